The number of hydrogen-bond acceptors (Lipinski definition) is 4. The minimum atomic E-state index is -0.00315. The highest BCUT2D eigenvalue weighted by atomic mass is 32.2. The van der Waals surface area contributed by atoms with Crippen molar-refractivity contribution in [3.05, 3.63) is 129 Å². The number of amides is 1. The molecule has 4 rings (SSSR count). The van der Waals surface area contributed by atoms with Crippen LogP contribution in [0, 0.1) is 13.8 Å². The standard InChI is InChI=1S/C33H37N3O2S/c1-25-16-18-28(19-17-25)23-30-26(2)34-33(35(3)32(30)38)39-22-10-15-31(37)36(24-29-13-8-5-9-14-29)21-20-27-11-6-4-7-12-27/h4-9,11-14,16-19H,10,15,20-24H2,1-3H3. The molecule has 0 saturated carbocycles. The first-order valence-corrected chi connectivity index (χ1v) is 14.5. The summed E-state index contributed by atoms with van der Waals surface area (Å²) in [4.78, 5) is 33.1. The van der Waals surface area contributed by atoms with Gasteiger partial charge in [-0.25, -0.2) is 4.98 Å². The average Bonchev–Trinajstić information content (AvgIpc) is 2.96. The zero-order valence-electron chi connectivity index (χ0n) is 23.1. The Hall–Kier alpha value is -3.64. The fourth-order valence-corrected chi connectivity index (χ4v) is 5.47. The van der Waals surface area contributed by atoms with Gasteiger partial charge in [0.15, 0.2) is 5.16 Å². The number of benzene rings is 3. The van der Waals surface area contributed by atoms with Crippen LogP contribution in [-0.2, 0) is 31.2 Å². The van der Waals surface area contributed by atoms with E-state index in [1.54, 1.807) is 23.4 Å². The molecule has 0 bridgehead atoms. The monoisotopic (exact) mass is 539 g/mol. The lowest BCUT2D eigenvalue weighted by molar-refractivity contribution is -0.131. The van der Waals surface area contributed by atoms with Crippen LogP contribution in [0.15, 0.2) is 94.9 Å². The predicted octanol–water partition coefficient (Wildman–Crippen LogP) is 6.13. The quantitative estimate of drug-likeness (QED) is 0.123. The SMILES string of the molecule is Cc1ccc(Cc2c(C)nc(SCCCC(=O)N(CCc3ccccc3)Cc3ccccc3)n(C)c2=O)cc1. The van der Waals surface area contributed by atoms with Crippen LogP contribution in [0.5, 0.6) is 0 Å². The van der Waals surface area contributed by atoms with Gasteiger partial charge in [-0.05, 0) is 43.4 Å². The smallest absolute Gasteiger partial charge is 0.257 e. The van der Waals surface area contributed by atoms with Gasteiger partial charge in [-0.2, -0.15) is 0 Å². The van der Waals surface area contributed by atoms with Gasteiger partial charge >= 0.3 is 0 Å². The van der Waals surface area contributed by atoms with Crippen LogP contribution in [0.3, 0.4) is 0 Å². The third-order valence-electron chi connectivity index (χ3n) is 6.90. The molecule has 0 aliphatic carbocycles. The molecule has 39 heavy (non-hydrogen) atoms. The van der Waals surface area contributed by atoms with Crippen molar-refractivity contribution in [3.8, 4) is 0 Å². The predicted molar refractivity (Wildman–Crippen MR) is 160 cm³/mol. The number of hydrogen-bond donors (Lipinski definition) is 0. The third kappa shape index (κ3) is 8.17. The van der Waals surface area contributed by atoms with E-state index in [0.29, 0.717) is 31.1 Å². The van der Waals surface area contributed by atoms with E-state index >= 15 is 0 Å². The summed E-state index contributed by atoms with van der Waals surface area (Å²) in [5.41, 5.74) is 6.17. The molecule has 0 saturated heterocycles. The maximum Gasteiger partial charge on any atom is 0.257 e. The van der Waals surface area contributed by atoms with E-state index in [1.165, 1.54) is 11.1 Å². The van der Waals surface area contributed by atoms with Crippen LogP contribution in [0.1, 0.15) is 46.4 Å². The largest absolute Gasteiger partial charge is 0.338 e. The van der Waals surface area contributed by atoms with Crippen LogP contribution >= 0.6 is 11.8 Å². The second kappa shape index (κ2) is 13.9. The maximum absolute atomic E-state index is 13.2. The third-order valence-corrected chi connectivity index (χ3v) is 8.02. The highest BCUT2D eigenvalue weighted by Gasteiger charge is 2.16. The fourth-order valence-electron chi connectivity index (χ4n) is 4.52. The second-order valence-corrected chi connectivity index (χ2v) is 11.0. The van der Waals surface area contributed by atoms with Crippen molar-refractivity contribution < 1.29 is 4.79 Å². The number of thioether (sulfide) groups is 1. The molecule has 0 N–H and O–H groups in total. The first-order valence-electron chi connectivity index (χ1n) is 13.5. The first kappa shape index (κ1) is 28.4. The molecule has 3 aromatic carbocycles. The molecule has 0 fully saturated rings. The number of aromatic nitrogens is 2. The second-order valence-electron chi connectivity index (χ2n) is 9.97. The van der Waals surface area contributed by atoms with Crippen LogP contribution in [0.4, 0.5) is 0 Å². The molecule has 0 unspecified atom stereocenters. The van der Waals surface area contributed by atoms with Crippen LogP contribution in [0.25, 0.3) is 0 Å². The summed E-state index contributed by atoms with van der Waals surface area (Å²) in [5, 5.41) is 0.697. The zero-order valence-corrected chi connectivity index (χ0v) is 23.9. The zero-order chi connectivity index (χ0) is 27.6. The van der Waals surface area contributed by atoms with E-state index in [2.05, 4.69) is 55.5 Å². The van der Waals surface area contributed by atoms with E-state index in [-0.39, 0.29) is 11.5 Å². The fraction of sp³-hybridized carbons (Fsp3) is 0.303. The number of nitrogens with zero attached hydrogens (tertiary/aromatic N) is 3. The lowest BCUT2D eigenvalue weighted by atomic mass is 10.0. The Morgan fingerprint density at radius 2 is 1.51 bits per heavy atom. The van der Waals surface area contributed by atoms with E-state index in [0.717, 1.165) is 41.0 Å². The summed E-state index contributed by atoms with van der Waals surface area (Å²) in [6, 6.07) is 28.7. The molecule has 0 atom stereocenters. The van der Waals surface area contributed by atoms with Crippen LogP contribution in [-0.4, -0.2) is 32.7 Å². The Bertz CT molecular complexity index is 1420. The minimum absolute atomic E-state index is 0.00315. The van der Waals surface area contributed by atoms with E-state index < -0.39 is 0 Å². The summed E-state index contributed by atoms with van der Waals surface area (Å²) in [5.74, 6) is 0.877. The summed E-state index contributed by atoms with van der Waals surface area (Å²) < 4.78 is 1.64. The van der Waals surface area contributed by atoms with Crippen molar-refractivity contribution >= 4 is 17.7 Å². The van der Waals surface area contributed by atoms with Crippen LogP contribution < -0.4 is 5.56 Å². The molecule has 0 aliphatic heterocycles. The minimum Gasteiger partial charge on any atom is -0.338 e. The van der Waals surface area contributed by atoms with Gasteiger partial charge in [-0.15, -0.1) is 0 Å². The topological polar surface area (TPSA) is 55.2 Å². The molecule has 1 amide bonds. The summed E-state index contributed by atoms with van der Waals surface area (Å²) >= 11 is 1.54. The van der Waals surface area contributed by atoms with Crippen molar-refractivity contribution in [2.75, 3.05) is 12.3 Å². The van der Waals surface area contributed by atoms with Crippen molar-refractivity contribution in [1.82, 2.24) is 14.5 Å². The Morgan fingerprint density at radius 1 is 0.872 bits per heavy atom. The van der Waals surface area contributed by atoms with Gasteiger partial charge < -0.3 is 4.90 Å². The Labute approximate surface area is 235 Å². The summed E-state index contributed by atoms with van der Waals surface area (Å²) in [6.07, 6.45) is 2.59. The van der Waals surface area contributed by atoms with Crippen molar-refractivity contribution in [2.24, 2.45) is 7.05 Å². The molecule has 1 aromatic heterocycles. The van der Waals surface area contributed by atoms with Crippen molar-refractivity contribution in [1.29, 1.82) is 0 Å². The summed E-state index contributed by atoms with van der Waals surface area (Å²) in [7, 11) is 1.78. The Kier molecular flexibility index (Phi) is 10.1. The lowest BCUT2D eigenvalue weighted by Crippen LogP contribution is -2.32. The highest BCUT2D eigenvalue weighted by Crippen LogP contribution is 2.19. The van der Waals surface area contributed by atoms with Gasteiger partial charge in [0.05, 0.1) is 0 Å². The van der Waals surface area contributed by atoms with E-state index in [1.807, 2.05) is 48.2 Å². The first-order chi connectivity index (χ1) is 18.9. The number of carbonyl (C=O) groups excluding carboxylic acids is 1. The molecular weight excluding hydrogens is 502 g/mol. The van der Waals surface area contributed by atoms with E-state index in [9.17, 15) is 9.59 Å². The van der Waals surface area contributed by atoms with Gasteiger partial charge in [-0.1, -0.05) is 102 Å². The number of aryl methyl sites for hydroxylation is 2. The Balaban J connectivity index is 1.34. The molecular formula is C33H37N3O2S. The average molecular weight is 540 g/mol. The molecule has 6 heteroatoms. The number of carbonyl (C=O) groups is 1. The molecule has 0 radical (unpaired) electrons. The van der Waals surface area contributed by atoms with Crippen molar-refractivity contribution in [2.45, 2.75) is 51.2 Å². The van der Waals surface area contributed by atoms with Gasteiger partial charge in [0.2, 0.25) is 5.91 Å². The van der Waals surface area contributed by atoms with Crippen LogP contribution in [0.2, 0.25) is 0 Å². The molecule has 5 nitrogen and oxygen atoms in total. The van der Waals surface area contributed by atoms with Gasteiger partial charge in [0.25, 0.3) is 5.56 Å². The number of rotatable bonds is 12. The van der Waals surface area contributed by atoms with Gasteiger partial charge in [0.1, 0.15) is 0 Å². The van der Waals surface area contributed by atoms with Crippen molar-refractivity contribution in [3.63, 3.8) is 0 Å². The molecule has 0 spiro atoms. The molecule has 4 aromatic rings. The summed E-state index contributed by atoms with van der Waals surface area (Å²) in [6.45, 7) is 5.26. The lowest BCUT2D eigenvalue weighted by Gasteiger charge is -2.23. The van der Waals surface area contributed by atoms with E-state index in [4.69, 9.17) is 4.98 Å². The van der Waals surface area contributed by atoms with Gasteiger partial charge in [0, 0.05) is 50.0 Å². The molecule has 1 heterocycles. The normalized spacial score (nSPS) is 10.9. The molecule has 0 aliphatic rings. The molecule has 202 valence electrons. The highest BCUT2D eigenvalue weighted by molar-refractivity contribution is 7.99. The Morgan fingerprint density at radius 3 is 2.18 bits per heavy atom. The maximum atomic E-state index is 13.2. The van der Waals surface area contributed by atoms with Gasteiger partial charge in [-0.3, -0.25) is 14.2 Å².